The number of aryl methyl sites for hydroxylation is 2. The number of nitrogens with zero attached hydrogens (tertiary/aromatic N) is 2. The van der Waals surface area contributed by atoms with E-state index in [1.165, 1.54) is 11.8 Å². The maximum absolute atomic E-state index is 12.1. The molecule has 0 unspecified atom stereocenters. The number of nitrogens with one attached hydrogen (secondary N) is 1. The number of ether oxygens (including phenoxy) is 2. The van der Waals surface area contributed by atoms with Gasteiger partial charge in [0.2, 0.25) is 5.91 Å². The molecule has 0 fully saturated rings. The van der Waals surface area contributed by atoms with Gasteiger partial charge in [0.1, 0.15) is 24.1 Å². The van der Waals surface area contributed by atoms with E-state index >= 15 is 0 Å². The summed E-state index contributed by atoms with van der Waals surface area (Å²) in [6.45, 7) is 4.82. The molecule has 1 amide bonds. The molecule has 1 aliphatic heterocycles. The number of fused-ring (bicyclic) bond motifs is 1. The molecule has 0 radical (unpaired) electrons. The van der Waals surface area contributed by atoms with Gasteiger partial charge in [-0.25, -0.2) is 9.97 Å². The third-order valence-corrected chi connectivity index (χ3v) is 4.03. The molecule has 0 saturated heterocycles. The standard InChI is InChI=1S/C16H17N3O3S/c1-10-7-16(18-11(2)17-10)23-9-15(20)19-12-3-4-13-14(8-12)22-6-5-21-13/h3-4,7-8H,5-6,9H2,1-2H3,(H,19,20). The second kappa shape index (κ2) is 6.87. The summed E-state index contributed by atoms with van der Waals surface area (Å²) in [5.74, 6) is 2.25. The number of hydrogen-bond acceptors (Lipinski definition) is 6. The Kier molecular flexibility index (Phi) is 4.66. The van der Waals surface area contributed by atoms with Crippen LogP contribution in [0.25, 0.3) is 0 Å². The zero-order valence-corrected chi connectivity index (χ0v) is 13.8. The van der Waals surface area contributed by atoms with Crippen LogP contribution in [0, 0.1) is 13.8 Å². The van der Waals surface area contributed by atoms with Crippen LogP contribution in [-0.4, -0.2) is 34.8 Å². The molecule has 7 heteroatoms. The lowest BCUT2D eigenvalue weighted by molar-refractivity contribution is -0.113. The first-order valence-electron chi connectivity index (χ1n) is 7.25. The lowest BCUT2D eigenvalue weighted by Gasteiger charge is -2.19. The number of benzene rings is 1. The van der Waals surface area contributed by atoms with Gasteiger partial charge in [-0.05, 0) is 32.0 Å². The molecule has 120 valence electrons. The Morgan fingerprint density at radius 1 is 1.17 bits per heavy atom. The highest BCUT2D eigenvalue weighted by Gasteiger charge is 2.13. The largest absolute Gasteiger partial charge is 0.486 e. The molecule has 1 aromatic heterocycles. The molecule has 0 aliphatic carbocycles. The number of rotatable bonds is 4. The molecule has 0 spiro atoms. The molecular weight excluding hydrogens is 314 g/mol. The first kappa shape index (κ1) is 15.6. The van der Waals surface area contributed by atoms with E-state index in [4.69, 9.17) is 9.47 Å². The number of carbonyl (C=O) groups is 1. The van der Waals surface area contributed by atoms with Crippen LogP contribution in [0.4, 0.5) is 5.69 Å². The average Bonchev–Trinajstić information content (AvgIpc) is 2.52. The van der Waals surface area contributed by atoms with Crippen molar-refractivity contribution >= 4 is 23.4 Å². The fraction of sp³-hybridized carbons (Fsp3) is 0.312. The molecule has 3 rings (SSSR count). The van der Waals surface area contributed by atoms with Gasteiger partial charge < -0.3 is 14.8 Å². The van der Waals surface area contributed by atoms with Gasteiger partial charge in [0.05, 0.1) is 5.75 Å². The van der Waals surface area contributed by atoms with Crippen LogP contribution in [0.2, 0.25) is 0 Å². The fourth-order valence-electron chi connectivity index (χ4n) is 2.21. The molecule has 0 saturated carbocycles. The maximum atomic E-state index is 12.1. The van der Waals surface area contributed by atoms with E-state index < -0.39 is 0 Å². The van der Waals surface area contributed by atoms with Crippen molar-refractivity contribution in [1.29, 1.82) is 0 Å². The number of aromatic nitrogens is 2. The lowest BCUT2D eigenvalue weighted by atomic mass is 10.2. The summed E-state index contributed by atoms with van der Waals surface area (Å²) in [6, 6.07) is 7.24. The molecule has 1 N–H and O–H groups in total. The van der Waals surface area contributed by atoms with E-state index in [-0.39, 0.29) is 11.7 Å². The fourth-order valence-corrected chi connectivity index (χ4v) is 3.02. The number of hydrogen-bond donors (Lipinski definition) is 1. The third-order valence-electron chi connectivity index (χ3n) is 3.12. The first-order chi connectivity index (χ1) is 11.1. The topological polar surface area (TPSA) is 73.3 Å². The summed E-state index contributed by atoms with van der Waals surface area (Å²) in [4.78, 5) is 20.6. The van der Waals surface area contributed by atoms with Gasteiger partial charge in [-0.1, -0.05) is 11.8 Å². The Balaban J connectivity index is 1.59. The lowest BCUT2D eigenvalue weighted by Crippen LogP contribution is -2.17. The minimum Gasteiger partial charge on any atom is -0.486 e. The van der Waals surface area contributed by atoms with Gasteiger partial charge in [-0.2, -0.15) is 0 Å². The highest BCUT2D eigenvalue weighted by molar-refractivity contribution is 7.99. The maximum Gasteiger partial charge on any atom is 0.234 e. The van der Waals surface area contributed by atoms with Crippen LogP contribution in [-0.2, 0) is 4.79 Å². The van der Waals surface area contributed by atoms with E-state index in [2.05, 4.69) is 15.3 Å². The van der Waals surface area contributed by atoms with Crippen LogP contribution in [0.5, 0.6) is 11.5 Å². The van der Waals surface area contributed by atoms with Crippen LogP contribution in [0.15, 0.2) is 29.3 Å². The van der Waals surface area contributed by atoms with Gasteiger partial charge in [-0.15, -0.1) is 0 Å². The Morgan fingerprint density at radius 2 is 1.96 bits per heavy atom. The van der Waals surface area contributed by atoms with Gasteiger partial charge in [-0.3, -0.25) is 4.79 Å². The van der Waals surface area contributed by atoms with Crippen molar-refractivity contribution in [2.24, 2.45) is 0 Å². The molecule has 2 aromatic rings. The van der Waals surface area contributed by atoms with E-state index in [0.29, 0.717) is 36.2 Å². The van der Waals surface area contributed by atoms with Gasteiger partial charge in [0.15, 0.2) is 11.5 Å². The van der Waals surface area contributed by atoms with Crippen molar-refractivity contribution in [3.05, 3.63) is 35.8 Å². The molecule has 1 aliphatic rings. The summed E-state index contributed by atoms with van der Waals surface area (Å²) in [5, 5.41) is 3.65. The number of anilines is 1. The van der Waals surface area contributed by atoms with E-state index in [9.17, 15) is 4.79 Å². The monoisotopic (exact) mass is 331 g/mol. The zero-order chi connectivity index (χ0) is 16.2. The molecule has 23 heavy (non-hydrogen) atoms. The first-order valence-corrected chi connectivity index (χ1v) is 8.23. The van der Waals surface area contributed by atoms with Crippen LogP contribution in [0.1, 0.15) is 11.5 Å². The van der Waals surface area contributed by atoms with Crippen molar-refractivity contribution in [1.82, 2.24) is 9.97 Å². The van der Waals surface area contributed by atoms with Crippen molar-refractivity contribution in [3.63, 3.8) is 0 Å². The summed E-state index contributed by atoms with van der Waals surface area (Å²) >= 11 is 1.39. The molecule has 6 nitrogen and oxygen atoms in total. The zero-order valence-electron chi connectivity index (χ0n) is 13.0. The molecule has 2 heterocycles. The second-order valence-corrected chi connectivity index (χ2v) is 6.09. The van der Waals surface area contributed by atoms with Gasteiger partial charge in [0.25, 0.3) is 0 Å². The van der Waals surface area contributed by atoms with Gasteiger partial charge in [0, 0.05) is 17.4 Å². The van der Waals surface area contributed by atoms with Crippen LogP contribution >= 0.6 is 11.8 Å². The summed E-state index contributed by atoms with van der Waals surface area (Å²) < 4.78 is 11.0. The Bertz CT molecular complexity index is 716. The quantitative estimate of drug-likeness (QED) is 0.686. The van der Waals surface area contributed by atoms with E-state index in [1.807, 2.05) is 19.9 Å². The Morgan fingerprint density at radius 3 is 2.74 bits per heavy atom. The number of thioether (sulfide) groups is 1. The predicted molar refractivity (Wildman–Crippen MR) is 88.3 cm³/mol. The minimum atomic E-state index is -0.0967. The van der Waals surface area contributed by atoms with E-state index in [0.717, 1.165) is 10.7 Å². The number of carbonyl (C=O) groups excluding carboxylic acids is 1. The minimum absolute atomic E-state index is 0.0967. The van der Waals surface area contributed by atoms with Crippen molar-refractivity contribution < 1.29 is 14.3 Å². The number of amides is 1. The SMILES string of the molecule is Cc1cc(SCC(=O)Nc2ccc3c(c2)OCCO3)nc(C)n1. The third kappa shape index (κ3) is 4.13. The summed E-state index contributed by atoms with van der Waals surface area (Å²) in [6.07, 6.45) is 0. The summed E-state index contributed by atoms with van der Waals surface area (Å²) in [5.41, 5.74) is 1.59. The highest BCUT2D eigenvalue weighted by Crippen LogP contribution is 2.32. The normalized spacial score (nSPS) is 12.8. The molecule has 1 aromatic carbocycles. The van der Waals surface area contributed by atoms with E-state index in [1.54, 1.807) is 18.2 Å². The summed E-state index contributed by atoms with van der Waals surface area (Å²) in [7, 11) is 0. The van der Waals surface area contributed by atoms with Crippen molar-refractivity contribution in [2.75, 3.05) is 24.3 Å². The van der Waals surface area contributed by atoms with Crippen LogP contribution in [0.3, 0.4) is 0 Å². The highest BCUT2D eigenvalue weighted by atomic mass is 32.2. The average molecular weight is 331 g/mol. The second-order valence-electron chi connectivity index (χ2n) is 5.09. The van der Waals surface area contributed by atoms with Crippen LogP contribution < -0.4 is 14.8 Å². The van der Waals surface area contributed by atoms with Crippen molar-refractivity contribution in [2.45, 2.75) is 18.9 Å². The smallest absolute Gasteiger partial charge is 0.234 e. The Hall–Kier alpha value is -2.28. The van der Waals surface area contributed by atoms with Gasteiger partial charge >= 0.3 is 0 Å². The molecular formula is C16H17N3O3S. The van der Waals surface area contributed by atoms with Crippen molar-refractivity contribution in [3.8, 4) is 11.5 Å². The Labute approximate surface area is 138 Å². The predicted octanol–water partition coefficient (Wildman–Crippen LogP) is 2.60. The molecule has 0 bridgehead atoms. The molecule has 0 atom stereocenters.